The fourth-order valence-electron chi connectivity index (χ4n) is 2.57. The Bertz CT molecular complexity index is 538. The molecule has 112 valence electrons. The monoisotopic (exact) mass is 292 g/mol. The number of carboxylic acid groups (broad SMARTS) is 1. The molecule has 6 heteroatoms. The Balaban J connectivity index is 2.04. The predicted molar refractivity (Wildman–Crippen MR) is 71.5 cm³/mol. The second kappa shape index (κ2) is 6.39. The van der Waals surface area contributed by atoms with Gasteiger partial charge in [0, 0.05) is 0 Å². The molecule has 1 unspecified atom stereocenters. The smallest absolute Gasteiger partial charge is 0.338 e. The van der Waals surface area contributed by atoms with Gasteiger partial charge in [-0.3, -0.25) is 9.59 Å². The molecule has 0 aromatic heterocycles. The van der Waals surface area contributed by atoms with Gasteiger partial charge in [0.1, 0.15) is 6.10 Å². The predicted octanol–water partition coefficient (Wildman–Crippen LogP) is 1.50. The van der Waals surface area contributed by atoms with Crippen molar-refractivity contribution in [3.8, 4) is 0 Å². The lowest BCUT2D eigenvalue weighted by Crippen LogP contribution is -2.26. The van der Waals surface area contributed by atoms with Crippen LogP contribution in [0.3, 0.4) is 0 Å². The summed E-state index contributed by atoms with van der Waals surface area (Å²) in [4.78, 5) is 34.7. The van der Waals surface area contributed by atoms with E-state index in [-0.39, 0.29) is 12.8 Å². The maximum absolute atomic E-state index is 11.9. The number of aliphatic carboxylic acids is 1. The van der Waals surface area contributed by atoms with E-state index in [9.17, 15) is 14.4 Å². The van der Waals surface area contributed by atoms with E-state index in [4.69, 9.17) is 9.84 Å². The van der Waals surface area contributed by atoms with E-state index in [1.807, 2.05) is 0 Å². The van der Waals surface area contributed by atoms with Gasteiger partial charge in [0.2, 0.25) is 0 Å². The molecule has 1 aromatic carbocycles. The number of esters is 2. The van der Waals surface area contributed by atoms with Crippen molar-refractivity contribution in [1.82, 2.24) is 0 Å². The van der Waals surface area contributed by atoms with Crippen molar-refractivity contribution in [3.05, 3.63) is 35.9 Å². The van der Waals surface area contributed by atoms with Gasteiger partial charge < -0.3 is 14.6 Å². The number of carbonyl (C=O) groups is 3. The minimum atomic E-state index is -1.08. The van der Waals surface area contributed by atoms with Gasteiger partial charge >= 0.3 is 17.9 Å². The van der Waals surface area contributed by atoms with E-state index in [1.54, 1.807) is 30.3 Å². The Hall–Kier alpha value is -2.37. The van der Waals surface area contributed by atoms with Crippen LogP contribution in [0.15, 0.2) is 30.3 Å². The zero-order valence-corrected chi connectivity index (χ0v) is 11.5. The minimum absolute atomic E-state index is 0.119. The molecule has 6 nitrogen and oxygen atoms in total. The highest BCUT2D eigenvalue weighted by molar-refractivity contribution is 5.89. The first-order valence-electron chi connectivity index (χ1n) is 6.59. The molecule has 0 radical (unpaired) electrons. The SMILES string of the molecule is COC(=O)[C@@H]1CC(OC(=O)c2ccccc2)C[C@H]1C(=O)O. The molecule has 1 fully saturated rings. The van der Waals surface area contributed by atoms with Gasteiger partial charge in [-0.2, -0.15) is 0 Å². The molecule has 1 N–H and O–H groups in total. The molecule has 2 rings (SSSR count). The van der Waals surface area contributed by atoms with Crippen LogP contribution in [0.25, 0.3) is 0 Å². The fourth-order valence-corrected chi connectivity index (χ4v) is 2.57. The van der Waals surface area contributed by atoms with Crippen molar-refractivity contribution < 1.29 is 29.0 Å². The van der Waals surface area contributed by atoms with Crippen molar-refractivity contribution in [2.45, 2.75) is 18.9 Å². The van der Waals surface area contributed by atoms with Crippen LogP contribution in [-0.4, -0.2) is 36.2 Å². The molecule has 1 aliphatic rings. The number of carboxylic acids is 1. The average Bonchev–Trinajstić information content (AvgIpc) is 2.91. The normalized spacial score (nSPS) is 24.3. The standard InChI is InChI=1S/C15H16O6/c1-20-15(19)12-8-10(7-11(12)13(16)17)21-14(18)9-5-3-2-4-6-9/h2-6,10-12H,7-8H2,1H3,(H,16,17)/t10?,11-,12-/m1/s1. The molecule has 3 atom stereocenters. The molecule has 1 aliphatic carbocycles. The maximum atomic E-state index is 11.9. The molecule has 0 bridgehead atoms. The Labute approximate surface area is 121 Å². The van der Waals surface area contributed by atoms with Crippen LogP contribution in [0.5, 0.6) is 0 Å². The topological polar surface area (TPSA) is 89.9 Å². The summed E-state index contributed by atoms with van der Waals surface area (Å²) in [6.07, 6.45) is -0.307. The molecule has 0 aliphatic heterocycles. The number of carbonyl (C=O) groups excluding carboxylic acids is 2. The zero-order valence-electron chi connectivity index (χ0n) is 11.5. The second-order valence-corrected chi connectivity index (χ2v) is 4.94. The first-order valence-corrected chi connectivity index (χ1v) is 6.59. The molecule has 0 heterocycles. The number of ether oxygens (including phenoxy) is 2. The number of hydrogen-bond acceptors (Lipinski definition) is 5. The third kappa shape index (κ3) is 3.39. The summed E-state index contributed by atoms with van der Waals surface area (Å²) in [6.45, 7) is 0. The van der Waals surface area contributed by atoms with E-state index < -0.39 is 35.8 Å². The third-order valence-corrected chi connectivity index (χ3v) is 3.62. The minimum Gasteiger partial charge on any atom is -0.481 e. The summed E-state index contributed by atoms with van der Waals surface area (Å²) in [5.41, 5.74) is 0.394. The van der Waals surface area contributed by atoms with Crippen molar-refractivity contribution in [3.63, 3.8) is 0 Å². The van der Waals surface area contributed by atoms with Gasteiger partial charge in [-0.1, -0.05) is 18.2 Å². The summed E-state index contributed by atoms with van der Waals surface area (Å²) >= 11 is 0. The van der Waals surface area contributed by atoms with Crippen LogP contribution >= 0.6 is 0 Å². The zero-order chi connectivity index (χ0) is 15.4. The van der Waals surface area contributed by atoms with Gasteiger partial charge in [0.15, 0.2) is 0 Å². The van der Waals surface area contributed by atoms with Gasteiger partial charge in [-0.05, 0) is 25.0 Å². The Morgan fingerprint density at radius 3 is 2.29 bits per heavy atom. The highest BCUT2D eigenvalue weighted by atomic mass is 16.5. The van der Waals surface area contributed by atoms with Crippen LogP contribution in [0.1, 0.15) is 23.2 Å². The number of methoxy groups -OCH3 is 1. The van der Waals surface area contributed by atoms with E-state index >= 15 is 0 Å². The maximum Gasteiger partial charge on any atom is 0.338 e. The first kappa shape index (κ1) is 15.0. The molecule has 1 aromatic rings. The summed E-state index contributed by atoms with van der Waals surface area (Å²) < 4.78 is 9.90. The summed E-state index contributed by atoms with van der Waals surface area (Å²) in [5.74, 6) is -3.84. The number of benzene rings is 1. The van der Waals surface area contributed by atoms with Crippen molar-refractivity contribution >= 4 is 17.9 Å². The van der Waals surface area contributed by atoms with Crippen LogP contribution in [-0.2, 0) is 19.1 Å². The summed E-state index contributed by atoms with van der Waals surface area (Å²) in [5, 5.41) is 9.15. The molecule has 0 spiro atoms. The Morgan fingerprint density at radius 1 is 1.10 bits per heavy atom. The van der Waals surface area contributed by atoms with Gasteiger partial charge in [0.25, 0.3) is 0 Å². The Kier molecular flexibility index (Phi) is 4.57. The van der Waals surface area contributed by atoms with Crippen molar-refractivity contribution in [2.75, 3.05) is 7.11 Å². The van der Waals surface area contributed by atoms with E-state index in [0.29, 0.717) is 5.56 Å². The van der Waals surface area contributed by atoms with Crippen molar-refractivity contribution in [1.29, 1.82) is 0 Å². The quantitative estimate of drug-likeness (QED) is 0.846. The molecule has 0 saturated heterocycles. The highest BCUT2D eigenvalue weighted by Gasteiger charge is 2.45. The first-order chi connectivity index (χ1) is 10.0. The molecular weight excluding hydrogens is 276 g/mol. The lowest BCUT2D eigenvalue weighted by Gasteiger charge is -2.12. The molecule has 0 amide bonds. The van der Waals surface area contributed by atoms with Crippen LogP contribution in [0, 0.1) is 11.8 Å². The van der Waals surface area contributed by atoms with Crippen LogP contribution < -0.4 is 0 Å². The molecular formula is C15H16O6. The largest absolute Gasteiger partial charge is 0.481 e. The third-order valence-electron chi connectivity index (χ3n) is 3.62. The van der Waals surface area contributed by atoms with E-state index in [2.05, 4.69) is 4.74 Å². The second-order valence-electron chi connectivity index (χ2n) is 4.94. The van der Waals surface area contributed by atoms with Gasteiger partial charge in [-0.15, -0.1) is 0 Å². The van der Waals surface area contributed by atoms with E-state index in [1.165, 1.54) is 7.11 Å². The highest BCUT2D eigenvalue weighted by Crippen LogP contribution is 2.35. The van der Waals surface area contributed by atoms with E-state index in [0.717, 1.165) is 0 Å². The Morgan fingerprint density at radius 2 is 1.71 bits per heavy atom. The summed E-state index contributed by atoms with van der Waals surface area (Å²) in [6, 6.07) is 8.43. The van der Waals surface area contributed by atoms with Gasteiger partial charge in [-0.25, -0.2) is 4.79 Å². The lowest BCUT2D eigenvalue weighted by molar-refractivity contribution is -0.154. The summed E-state index contributed by atoms with van der Waals surface area (Å²) in [7, 11) is 1.21. The number of hydrogen-bond donors (Lipinski definition) is 1. The molecule has 1 saturated carbocycles. The van der Waals surface area contributed by atoms with Crippen LogP contribution in [0.2, 0.25) is 0 Å². The van der Waals surface area contributed by atoms with Crippen LogP contribution in [0.4, 0.5) is 0 Å². The number of rotatable bonds is 4. The molecule has 21 heavy (non-hydrogen) atoms. The van der Waals surface area contributed by atoms with Gasteiger partial charge in [0.05, 0.1) is 24.5 Å². The lowest BCUT2D eigenvalue weighted by atomic mass is 9.97. The average molecular weight is 292 g/mol. The fraction of sp³-hybridized carbons (Fsp3) is 0.400. The van der Waals surface area contributed by atoms with Crippen molar-refractivity contribution in [2.24, 2.45) is 11.8 Å².